The minimum atomic E-state index is -0.180. The molecule has 1 fully saturated rings. The van der Waals surface area contributed by atoms with Crippen LogP contribution in [0.2, 0.25) is 0 Å². The summed E-state index contributed by atoms with van der Waals surface area (Å²) >= 11 is 1.32. The van der Waals surface area contributed by atoms with Crippen LogP contribution in [0.1, 0.15) is 34.1 Å². The number of thioether (sulfide) groups is 1. The van der Waals surface area contributed by atoms with E-state index in [1.54, 1.807) is 0 Å². The molecule has 1 amide bonds. The molecule has 0 spiro atoms. The molecule has 0 radical (unpaired) electrons. The van der Waals surface area contributed by atoms with Crippen LogP contribution in [0.3, 0.4) is 0 Å². The van der Waals surface area contributed by atoms with Gasteiger partial charge in [0.25, 0.3) is 5.24 Å². The third-order valence-corrected chi connectivity index (χ3v) is 8.30. The number of rotatable bonds is 4. The summed E-state index contributed by atoms with van der Waals surface area (Å²) in [6, 6.07) is 14.8. The van der Waals surface area contributed by atoms with E-state index in [2.05, 4.69) is 75.1 Å². The molecule has 0 aliphatic carbocycles. The zero-order valence-electron chi connectivity index (χ0n) is 17.6. The van der Waals surface area contributed by atoms with E-state index in [4.69, 9.17) is 4.36 Å². The van der Waals surface area contributed by atoms with Crippen molar-refractivity contribution < 1.29 is 4.79 Å². The molecular formula is C23H32N2OS2. The third kappa shape index (κ3) is 4.80. The molecule has 0 saturated carbocycles. The van der Waals surface area contributed by atoms with Gasteiger partial charge < -0.3 is 4.90 Å². The van der Waals surface area contributed by atoms with Crippen molar-refractivity contribution in [1.82, 2.24) is 4.90 Å². The van der Waals surface area contributed by atoms with Crippen LogP contribution in [-0.4, -0.2) is 34.6 Å². The predicted molar refractivity (Wildman–Crippen MR) is 125 cm³/mol. The quantitative estimate of drug-likeness (QED) is 0.554. The summed E-state index contributed by atoms with van der Waals surface area (Å²) in [4.78, 5) is 14.6. The Hall–Kier alpha value is -1.33. The van der Waals surface area contributed by atoms with Gasteiger partial charge >= 0.3 is 0 Å². The molecule has 152 valence electrons. The summed E-state index contributed by atoms with van der Waals surface area (Å²) in [7, 11) is -0.180. The first-order valence-electron chi connectivity index (χ1n) is 10.0. The molecule has 1 saturated heterocycles. The molecule has 2 aromatic rings. The topological polar surface area (TPSA) is 32.7 Å². The highest BCUT2D eigenvalue weighted by molar-refractivity contribution is 8.13. The van der Waals surface area contributed by atoms with Gasteiger partial charge in [-0.15, -0.1) is 0 Å². The highest BCUT2D eigenvalue weighted by Crippen LogP contribution is 2.41. The van der Waals surface area contributed by atoms with E-state index in [9.17, 15) is 4.79 Å². The fourth-order valence-corrected chi connectivity index (χ4v) is 7.11. The van der Waals surface area contributed by atoms with Crippen LogP contribution in [0.15, 0.2) is 46.8 Å². The van der Waals surface area contributed by atoms with Crippen molar-refractivity contribution in [3.05, 3.63) is 42.5 Å². The minimum Gasteiger partial charge on any atom is -0.323 e. The van der Waals surface area contributed by atoms with Gasteiger partial charge in [0.2, 0.25) is 0 Å². The largest absolute Gasteiger partial charge is 0.323 e. The average molecular weight is 417 g/mol. The van der Waals surface area contributed by atoms with Gasteiger partial charge in [0.1, 0.15) is 0 Å². The fraction of sp³-hybridized carbons (Fsp3) is 0.522. The number of amides is 1. The second kappa shape index (κ2) is 9.00. The van der Waals surface area contributed by atoms with Crippen LogP contribution in [-0.2, 0) is 10.7 Å². The summed E-state index contributed by atoms with van der Waals surface area (Å²) in [5.41, 5.74) is 1.17. The van der Waals surface area contributed by atoms with Gasteiger partial charge in [-0.2, -0.15) is 0 Å². The van der Waals surface area contributed by atoms with Crippen molar-refractivity contribution in [2.24, 2.45) is 21.6 Å². The molecule has 0 aromatic heterocycles. The lowest BCUT2D eigenvalue weighted by Crippen LogP contribution is -2.52. The molecule has 2 unspecified atom stereocenters. The summed E-state index contributed by atoms with van der Waals surface area (Å²) in [6.45, 7) is 10.1. The Bertz CT molecular complexity index is 878. The first-order valence-corrected chi connectivity index (χ1v) is 12.8. The number of carbonyl (C=O) groups excluding carboxylic acids is 1. The number of nitrogens with zero attached hydrogens (tertiary/aromatic N) is 2. The Balaban J connectivity index is 1.99. The number of hydrogen-bond donors (Lipinski definition) is 0. The van der Waals surface area contributed by atoms with E-state index in [0.29, 0.717) is 11.8 Å². The van der Waals surface area contributed by atoms with Crippen molar-refractivity contribution in [2.45, 2.75) is 34.1 Å². The van der Waals surface area contributed by atoms with Crippen molar-refractivity contribution in [3.63, 3.8) is 0 Å². The van der Waals surface area contributed by atoms with Gasteiger partial charge in [-0.3, -0.25) is 4.79 Å². The first kappa shape index (κ1) is 21.4. The Kier molecular flexibility index (Phi) is 6.87. The van der Waals surface area contributed by atoms with E-state index in [0.717, 1.165) is 30.3 Å². The SMILES string of the molecule is CSC(=O)N1CS(=Nc2ccc3ccccc3c2)CC(CC(C)C)(C(C)C)C1. The van der Waals surface area contributed by atoms with Crippen molar-refractivity contribution in [2.75, 3.05) is 24.4 Å². The number of benzene rings is 2. The molecule has 0 N–H and O–H groups in total. The van der Waals surface area contributed by atoms with Crippen LogP contribution < -0.4 is 0 Å². The van der Waals surface area contributed by atoms with E-state index in [1.165, 1.54) is 22.5 Å². The van der Waals surface area contributed by atoms with E-state index < -0.39 is 0 Å². The van der Waals surface area contributed by atoms with Gasteiger partial charge in [0.05, 0.1) is 11.6 Å². The van der Waals surface area contributed by atoms with Gasteiger partial charge in [0.15, 0.2) is 0 Å². The fourth-order valence-electron chi connectivity index (χ4n) is 4.24. The van der Waals surface area contributed by atoms with Crippen molar-refractivity contribution in [3.8, 4) is 0 Å². The summed E-state index contributed by atoms with van der Waals surface area (Å²) in [5.74, 6) is 2.96. The van der Waals surface area contributed by atoms with E-state index in [1.807, 2.05) is 6.26 Å². The van der Waals surface area contributed by atoms with Crippen LogP contribution in [0, 0.1) is 17.3 Å². The lowest BCUT2D eigenvalue weighted by atomic mass is 9.72. The van der Waals surface area contributed by atoms with Crippen LogP contribution in [0.25, 0.3) is 10.8 Å². The molecule has 28 heavy (non-hydrogen) atoms. The molecule has 0 bridgehead atoms. The molecule has 2 atom stereocenters. The molecule has 1 aliphatic heterocycles. The zero-order chi connectivity index (χ0) is 20.3. The van der Waals surface area contributed by atoms with E-state index in [-0.39, 0.29) is 21.3 Å². The van der Waals surface area contributed by atoms with Crippen LogP contribution >= 0.6 is 11.8 Å². The Labute approximate surface area is 176 Å². The highest BCUT2D eigenvalue weighted by Gasteiger charge is 2.42. The number of fused-ring (bicyclic) bond motifs is 1. The minimum absolute atomic E-state index is 0.140. The second-order valence-corrected chi connectivity index (χ2v) is 11.1. The molecule has 3 nitrogen and oxygen atoms in total. The maximum atomic E-state index is 12.6. The van der Waals surface area contributed by atoms with Gasteiger partial charge in [-0.25, -0.2) is 4.36 Å². The van der Waals surface area contributed by atoms with Gasteiger partial charge in [-0.05, 0) is 47.4 Å². The van der Waals surface area contributed by atoms with E-state index >= 15 is 0 Å². The van der Waals surface area contributed by atoms with Crippen LogP contribution in [0.5, 0.6) is 0 Å². The van der Waals surface area contributed by atoms with Crippen molar-refractivity contribution in [1.29, 1.82) is 0 Å². The Morgan fingerprint density at radius 2 is 1.89 bits per heavy atom. The number of carbonyl (C=O) groups is 1. The monoisotopic (exact) mass is 416 g/mol. The normalized spacial score (nSPS) is 23.1. The lowest BCUT2D eigenvalue weighted by molar-refractivity contribution is 0.118. The molecular weight excluding hydrogens is 384 g/mol. The third-order valence-electron chi connectivity index (χ3n) is 5.70. The average Bonchev–Trinajstić information content (AvgIpc) is 2.66. The summed E-state index contributed by atoms with van der Waals surface area (Å²) in [5, 5.41) is 2.64. The predicted octanol–water partition coefficient (Wildman–Crippen LogP) is 6.72. The smallest absolute Gasteiger partial charge is 0.282 e. The summed E-state index contributed by atoms with van der Waals surface area (Å²) < 4.78 is 5.14. The molecule has 5 heteroatoms. The standard InChI is InChI=1S/C23H32N2OS2/c1-17(2)13-23(18(3)4)14-25(22(26)27-5)16-28(15-23)24-21-11-10-19-8-6-7-9-20(19)12-21/h6-12,17-18H,13-16H2,1-5H3. The highest BCUT2D eigenvalue weighted by atomic mass is 32.2. The molecule has 3 rings (SSSR count). The van der Waals surface area contributed by atoms with Gasteiger partial charge in [-0.1, -0.05) is 80.5 Å². The molecule has 1 aliphatic rings. The lowest BCUT2D eigenvalue weighted by Gasteiger charge is -2.47. The first-order chi connectivity index (χ1) is 13.3. The Morgan fingerprint density at radius 3 is 2.54 bits per heavy atom. The van der Waals surface area contributed by atoms with Crippen molar-refractivity contribution >= 4 is 44.2 Å². The number of hydrogen-bond acceptors (Lipinski definition) is 3. The molecule has 2 aromatic carbocycles. The summed E-state index contributed by atoms with van der Waals surface area (Å²) in [6.07, 6.45) is 3.02. The zero-order valence-corrected chi connectivity index (χ0v) is 19.3. The maximum absolute atomic E-state index is 12.6. The van der Waals surface area contributed by atoms with Gasteiger partial charge in [0, 0.05) is 17.7 Å². The maximum Gasteiger partial charge on any atom is 0.282 e. The second-order valence-electron chi connectivity index (χ2n) is 8.64. The Morgan fingerprint density at radius 1 is 1.18 bits per heavy atom. The van der Waals surface area contributed by atoms with Crippen LogP contribution in [0.4, 0.5) is 10.5 Å². The molecule has 1 heterocycles.